The monoisotopic (exact) mass is 247 g/mol. The molecule has 3 nitrogen and oxygen atoms in total. The van der Waals surface area contributed by atoms with E-state index in [0.29, 0.717) is 4.70 Å². The molecule has 0 spiro atoms. The molecule has 0 atom stereocenters. The number of halogens is 1. The van der Waals surface area contributed by atoms with Crippen molar-refractivity contribution in [1.82, 2.24) is 4.37 Å². The average Bonchev–Trinajstić information content (AvgIpc) is 2.46. The summed E-state index contributed by atoms with van der Waals surface area (Å²) in [4.78, 5) is 0.141. The lowest BCUT2D eigenvalue weighted by molar-refractivity contribution is 0.610. The molecule has 74 valence electrons. The molecule has 0 bridgehead atoms. The van der Waals surface area contributed by atoms with Crippen molar-refractivity contribution < 1.29 is 8.42 Å². The Morgan fingerprint density at radius 2 is 2.14 bits per heavy atom. The lowest BCUT2D eigenvalue weighted by Gasteiger charge is -1.96. The van der Waals surface area contributed by atoms with Crippen LogP contribution in [0.15, 0.2) is 23.1 Å². The number of benzene rings is 1. The third-order valence-corrected chi connectivity index (χ3v) is 4.39. The molecular weight excluding hydrogens is 242 g/mol. The molecule has 6 heteroatoms. The van der Waals surface area contributed by atoms with Crippen molar-refractivity contribution >= 4 is 41.4 Å². The van der Waals surface area contributed by atoms with E-state index in [4.69, 9.17) is 10.7 Å². The van der Waals surface area contributed by atoms with E-state index in [1.54, 1.807) is 6.07 Å². The maximum atomic E-state index is 11.2. The van der Waals surface area contributed by atoms with Gasteiger partial charge < -0.3 is 0 Å². The number of hydrogen-bond acceptors (Lipinski definition) is 4. The van der Waals surface area contributed by atoms with Crippen LogP contribution >= 0.6 is 22.2 Å². The van der Waals surface area contributed by atoms with Crippen LogP contribution in [-0.2, 0) is 9.05 Å². The molecule has 1 aromatic heterocycles. The van der Waals surface area contributed by atoms with Gasteiger partial charge in [0.25, 0.3) is 9.05 Å². The van der Waals surface area contributed by atoms with Crippen molar-refractivity contribution in [2.75, 3.05) is 0 Å². The maximum absolute atomic E-state index is 11.2. The summed E-state index contributed by atoms with van der Waals surface area (Å²) in [5.74, 6) is 0. The first kappa shape index (κ1) is 9.89. The number of hydrogen-bond donors (Lipinski definition) is 0. The Morgan fingerprint density at radius 3 is 2.79 bits per heavy atom. The van der Waals surface area contributed by atoms with E-state index in [-0.39, 0.29) is 4.90 Å². The van der Waals surface area contributed by atoms with E-state index in [2.05, 4.69) is 4.37 Å². The highest BCUT2D eigenvalue weighted by Crippen LogP contribution is 2.30. The minimum atomic E-state index is -3.67. The van der Waals surface area contributed by atoms with Gasteiger partial charge in [-0.1, -0.05) is 12.1 Å². The number of aromatic nitrogens is 1. The standard InChI is InChI=1S/C8H6ClNO2S2/c1-5-6-3-2-4-7(14(9,11)12)8(6)13-10-5/h2-4H,1H3. The summed E-state index contributed by atoms with van der Waals surface area (Å²) < 4.78 is 27.1. The first-order valence-electron chi connectivity index (χ1n) is 3.80. The van der Waals surface area contributed by atoms with Crippen molar-refractivity contribution in [3.8, 4) is 0 Å². The zero-order valence-corrected chi connectivity index (χ0v) is 9.58. The highest BCUT2D eigenvalue weighted by atomic mass is 35.7. The molecule has 0 saturated heterocycles. The smallest absolute Gasteiger partial charge is 0.207 e. The lowest BCUT2D eigenvalue weighted by atomic mass is 10.2. The second kappa shape index (κ2) is 3.18. The first-order chi connectivity index (χ1) is 6.50. The molecule has 14 heavy (non-hydrogen) atoms. The Labute approximate surface area is 89.9 Å². The fourth-order valence-corrected chi connectivity index (χ4v) is 3.59. The predicted molar refractivity (Wildman–Crippen MR) is 57.4 cm³/mol. The molecule has 1 aromatic carbocycles. The molecule has 0 N–H and O–H groups in total. The van der Waals surface area contributed by atoms with Gasteiger partial charge in [0.05, 0.1) is 10.4 Å². The summed E-state index contributed by atoms with van der Waals surface area (Å²) in [6.45, 7) is 1.84. The van der Waals surface area contributed by atoms with Crippen molar-refractivity contribution in [2.45, 2.75) is 11.8 Å². The van der Waals surface area contributed by atoms with E-state index >= 15 is 0 Å². The fraction of sp³-hybridized carbons (Fsp3) is 0.125. The Hall–Kier alpha value is -0.650. The number of aryl methyl sites for hydroxylation is 1. The normalized spacial score (nSPS) is 12.1. The van der Waals surface area contributed by atoms with E-state index in [9.17, 15) is 8.42 Å². The van der Waals surface area contributed by atoms with Crippen LogP contribution in [0.5, 0.6) is 0 Å². The van der Waals surface area contributed by atoms with Gasteiger partial charge >= 0.3 is 0 Å². The van der Waals surface area contributed by atoms with Crippen LogP contribution in [0.25, 0.3) is 10.1 Å². The highest BCUT2D eigenvalue weighted by molar-refractivity contribution is 8.14. The minimum Gasteiger partial charge on any atom is -0.207 e. The summed E-state index contributed by atoms with van der Waals surface area (Å²) >= 11 is 1.15. The summed E-state index contributed by atoms with van der Waals surface area (Å²) in [7, 11) is 1.62. The van der Waals surface area contributed by atoms with Gasteiger partial charge in [-0.25, -0.2) is 8.42 Å². The fourth-order valence-electron chi connectivity index (χ4n) is 1.25. The number of nitrogens with zero attached hydrogens (tertiary/aromatic N) is 1. The van der Waals surface area contributed by atoms with Crippen molar-refractivity contribution in [3.05, 3.63) is 23.9 Å². The molecule has 1 heterocycles. The van der Waals surface area contributed by atoms with Crippen LogP contribution in [0, 0.1) is 6.92 Å². The molecule has 0 aliphatic heterocycles. The van der Waals surface area contributed by atoms with Gasteiger partial charge in [-0.2, -0.15) is 4.37 Å². The molecule has 0 saturated carbocycles. The molecule has 0 radical (unpaired) electrons. The average molecular weight is 248 g/mol. The highest BCUT2D eigenvalue weighted by Gasteiger charge is 2.16. The van der Waals surface area contributed by atoms with Crippen LogP contribution in [0.2, 0.25) is 0 Å². The van der Waals surface area contributed by atoms with Gasteiger partial charge in [-0.3, -0.25) is 0 Å². The van der Waals surface area contributed by atoms with E-state index < -0.39 is 9.05 Å². The topological polar surface area (TPSA) is 47.0 Å². The second-order valence-corrected chi connectivity index (χ2v) is 6.15. The van der Waals surface area contributed by atoms with Crippen LogP contribution in [0.1, 0.15) is 5.69 Å². The molecular formula is C8H6ClNO2S2. The third kappa shape index (κ3) is 1.51. The van der Waals surface area contributed by atoms with E-state index in [0.717, 1.165) is 22.6 Å². The summed E-state index contributed by atoms with van der Waals surface area (Å²) in [6, 6.07) is 4.99. The molecule has 0 unspecified atom stereocenters. The van der Waals surface area contributed by atoms with Crippen LogP contribution in [0.4, 0.5) is 0 Å². The minimum absolute atomic E-state index is 0.141. The first-order valence-corrected chi connectivity index (χ1v) is 6.88. The number of fused-ring (bicyclic) bond motifs is 1. The second-order valence-electron chi connectivity index (χ2n) is 2.84. The Bertz CT molecular complexity index is 588. The zero-order valence-electron chi connectivity index (χ0n) is 7.19. The summed E-state index contributed by atoms with van der Waals surface area (Å²) in [5.41, 5.74) is 0.826. The van der Waals surface area contributed by atoms with Crippen LogP contribution in [-0.4, -0.2) is 12.8 Å². The Balaban J connectivity index is 2.92. The van der Waals surface area contributed by atoms with Crippen molar-refractivity contribution in [3.63, 3.8) is 0 Å². The largest absolute Gasteiger partial charge is 0.262 e. The summed E-state index contributed by atoms with van der Waals surface area (Å²) in [6.07, 6.45) is 0. The predicted octanol–water partition coefficient (Wildman–Crippen LogP) is 2.53. The molecule has 0 aliphatic rings. The third-order valence-electron chi connectivity index (χ3n) is 1.91. The molecule has 0 fully saturated rings. The van der Waals surface area contributed by atoms with Gasteiger partial charge in [0.2, 0.25) is 0 Å². The van der Waals surface area contributed by atoms with Crippen LogP contribution < -0.4 is 0 Å². The zero-order chi connectivity index (χ0) is 10.3. The van der Waals surface area contributed by atoms with Gasteiger partial charge in [-0.15, -0.1) is 0 Å². The van der Waals surface area contributed by atoms with Crippen LogP contribution in [0.3, 0.4) is 0 Å². The maximum Gasteiger partial charge on any atom is 0.262 e. The van der Waals surface area contributed by atoms with Crippen molar-refractivity contribution in [2.24, 2.45) is 0 Å². The van der Waals surface area contributed by atoms with Gasteiger partial charge in [0.1, 0.15) is 4.90 Å². The molecule has 0 aliphatic carbocycles. The summed E-state index contributed by atoms with van der Waals surface area (Å²) in [5, 5.41) is 0.844. The SMILES string of the molecule is Cc1nsc2c(S(=O)(=O)Cl)cccc12. The molecule has 2 rings (SSSR count). The van der Waals surface area contributed by atoms with Gasteiger partial charge in [-0.05, 0) is 24.5 Å². The quantitative estimate of drug-likeness (QED) is 0.728. The Morgan fingerprint density at radius 1 is 1.43 bits per heavy atom. The number of rotatable bonds is 1. The Kier molecular flexibility index (Phi) is 2.25. The van der Waals surface area contributed by atoms with Gasteiger partial charge in [0, 0.05) is 16.1 Å². The van der Waals surface area contributed by atoms with E-state index in [1.165, 1.54) is 6.07 Å². The molecule has 0 amide bonds. The van der Waals surface area contributed by atoms with E-state index in [1.807, 2.05) is 13.0 Å². The lowest BCUT2D eigenvalue weighted by Crippen LogP contribution is -1.89. The molecule has 2 aromatic rings. The van der Waals surface area contributed by atoms with Gasteiger partial charge in [0.15, 0.2) is 0 Å². The van der Waals surface area contributed by atoms with Crippen molar-refractivity contribution in [1.29, 1.82) is 0 Å².